The molecule has 1 saturated carbocycles. The van der Waals surface area contributed by atoms with Gasteiger partial charge in [0.1, 0.15) is 10.6 Å². The number of sulfonamides is 1. The molecule has 26 heavy (non-hydrogen) atoms. The van der Waals surface area contributed by atoms with Crippen molar-refractivity contribution in [3.63, 3.8) is 0 Å². The Bertz CT molecular complexity index is 954. The molecule has 2 aliphatic rings. The Morgan fingerprint density at radius 3 is 2.54 bits per heavy atom. The van der Waals surface area contributed by atoms with Crippen LogP contribution in [0.3, 0.4) is 0 Å². The molecule has 2 aromatic rings. The van der Waals surface area contributed by atoms with Crippen LogP contribution in [0.2, 0.25) is 0 Å². The van der Waals surface area contributed by atoms with Gasteiger partial charge in [-0.05, 0) is 43.2 Å². The largest absolute Gasteiger partial charge is 0.495 e. The molecule has 0 unspecified atom stereocenters. The topological polar surface area (TPSA) is 73.9 Å². The van der Waals surface area contributed by atoms with E-state index >= 15 is 0 Å². The monoisotopic (exact) mass is 439 g/mol. The van der Waals surface area contributed by atoms with Gasteiger partial charge in [0, 0.05) is 23.4 Å². The third-order valence-electron chi connectivity index (χ3n) is 4.57. The molecule has 4 rings (SSSR count). The maximum Gasteiger partial charge on any atom is 0.265 e. The van der Waals surface area contributed by atoms with E-state index in [0.717, 1.165) is 25.7 Å². The molecule has 1 aliphatic heterocycles. The van der Waals surface area contributed by atoms with Crippen LogP contribution in [-0.4, -0.2) is 21.3 Å². The fraction of sp³-hybridized carbons (Fsp3) is 0.333. The average molecular weight is 440 g/mol. The van der Waals surface area contributed by atoms with Crippen molar-refractivity contribution in [3.05, 3.63) is 40.9 Å². The number of fused-ring (bicyclic) bond motifs is 1. The number of methoxy groups -OCH3 is 1. The molecule has 6 nitrogen and oxygen atoms in total. The Kier molecular flexibility index (Phi) is 4.27. The summed E-state index contributed by atoms with van der Waals surface area (Å²) in [5.41, 5.74) is 0.407. The van der Waals surface area contributed by atoms with Crippen LogP contribution in [-0.2, 0) is 10.0 Å². The Morgan fingerprint density at radius 1 is 1.08 bits per heavy atom. The van der Waals surface area contributed by atoms with Crippen molar-refractivity contribution in [2.75, 3.05) is 11.8 Å². The predicted octanol–water partition coefficient (Wildman–Crippen LogP) is 4.30. The van der Waals surface area contributed by atoms with E-state index in [1.54, 1.807) is 30.3 Å². The van der Waals surface area contributed by atoms with E-state index in [-0.39, 0.29) is 10.6 Å². The zero-order valence-corrected chi connectivity index (χ0v) is 16.5. The van der Waals surface area contributed by atoms with Crippen LogP contribution < -0.4 is 18.9 Å². The summed E-state index contributed by atoms with van der Waals surface area (Å²) >= 11 is 3.29. The molecule has 0 aromatic heterocycles. The Labute approximate surface area is 160 Å². The Balaban J connectivity index is 1.62. The van der Waals surface area contributed by atoms with Gasteiger partial charge in [-0.15, -0.1) is 0 Å². The van der Waals surface area contributed by atoms with E-state index in [2.05, 4.69) is 20.7 Å². The zero-order valence-electron chi connectivity index (χ0n) is 14.1. The highest BCUT2D eigenvalue weighted by Crippen LogP contribution is 2.47. The lowest BCUT2D eigenvalue weighted by Crippen LogP contribution is -2.34. The van der Waals surface area contributed by atoms with Gasteiger partial charge in [0.15, 0.2) is 11.5 Å². The molecule has 1 spiro atoms. The highest BCUT2D eigenvalue weighted by atomic mass is 79.9. The van der Waals surface area contributed by atoms with Crippen LogP contribution in [0, 0.1) is 0 Å². The SMILES string of the molecule is COc1ccc(Br)cc1S(=O)(=O)Nc1ccc2c(c1)OC1(CCCC1)O2. The quantitative estimate of drug-likeness (QED) is 0.768. The second-order valence-corrected chi connectivity index (χ2v) is 8.95. The van der Waals surface area contributed by atoms with Crippen LogP contribution >= 0.6 is 15.9 Å². The van der Waals surface area contributed by atoms with Gasteiger partial charge < -0.3 is 14.2 Å². The summed E-state index contributed by atoms with van der Waals surface area (Å²) in [4.78, 5) is 0.0549. The average Bonchev–Trinajstić information content (AvgIpc) is 3.20. The molecule has 8 heteroatoms. The number of hydrogen-bond acceptors (Lipinski definition) is 5. The maximum atomic E-state index is 12.8. The second-order valence-electron chi connectivity index (χ2n) is 6.38. The molecule has 0 saturated heterocycles. The molecule has 0 amide bonds. The van der Waals surface area contributed by atoms with Gasteiger partial charge >= 0.3 is 0 Å². The van der Waals surface area contributed by atoms with Crippen molar-refractivity contribution < 1.29 is 22.6 Å². The number of ether oxygens (including phenoxy) is 3. The van der Waals surface area contributed by atoms with E-state index in [1.165, 1.54) is 13.2 Å². The first-order valence-corrected chi connectivity index (χ1v) is 10.6. The van der Waals surface area contributed by atoms with Crippen molar-refractivity contribution in [1.29, 1.82) is 0 Å². The van der Waals surface area contributed by atoms with E-state index in [1.807, 2.05) is 0 Å². The minimum absolute atomic E-state index is 0.0549. The van der Waals surface area contributed by atoms with Crippen LogP contribution in [0.4, 0.5) is 5.69 Å². The number of halogens is 1. The fourth-order valence-corrected chi connectivity index (χ4v) is 5.10. The van der Waals surface area contributed by atoms with Crippen molar-refractivity contribution >= 4 is 31.6 Å². The van der Waals surface area contributed by atoms with Gasteiger partial charge in [-0.25, -0.2) is 8.42 Å². The van der Waals surface area contributed by atoms with E-state index in [4.69, 9.17) is 14.2 Å². The molecular formula is C18H18BrNO5S. The van der Waals surface area contributed by atoms with Crippen LogP contribution in [0.25, 0.3) is 0 Å². The Morgan fingerprint density at radius 2 is 1.81 bits per heavy atom. The van der Waals surface area contributed by atoms with Gasteiger partial charge in [0.2, 0.25) is 0 Å². The lowest BCUT2D eigenvalue weighted by molar-refractivity contribution is -0.0716. The summed E-state index contributed by atoms with van der Waals surface area (Å²) < 4.78 is 45.9. The molecule has 1 heterocycles. The molecule has 1 aliphatic carbocycles. The third kappa shape index (κ3) is 3.12. The standard InChI is InChI=1S/C18H18BrNO5S/c1-23-15-6-4-12(19)10-17(15)26(21,22)20-13-5-7-14-16(11-13)25-18(24-14)8-2-3-9-18/h4-7,10-11,20H,2-3,8-9H2,1H3. The first-order valence-electron chi connectivity index (χ1n) is 8.29. The lowest BCUT2D eigenvalue weighted by atomic mass is 10.2. The summed E-state index contributed by atoms with van der Waals surface area (Å²) in [6.07, 6.45) is 3.82. The number of nitrogens with one attached hydrogen (secondary N) is 1. The molecule has 2 aromatic carbocycles. The lowest BCUT2D eigenvalue weighted by Gasteiger charge is -2.21. The normalized spacial score (nSPS) is 17.5. The number of benzene rings is 2. The minimum atomic E-state index is -3.82. The van der Waals surface area contributed by atoms with Crippen molar-refractivity contribution in [3.8, 4) is 17.2 Å². The molecule has 0 radical (unpaired) electrons. The van der Waals surface area contributed by atoms with Gasteiger partial charge in [0.25, 0.3) is 15.8 Å². The van der Waals surface area contributed by atoms with Crippen LogP contribution in [0.5, 0.6) is 17.2 Å². The minimum Gasteiger partial charge on any atom is -0.495 e. The second kappa shape index (κ2) is 6.35. The highest BCUT2D eigenvalue weighted by molar-refractivity contribution is 9.10. The highest BCUT2D eigenvalue weighted by Gasteiger charge is 2.44. The van der Waals surface area contributed by atoms with Crippen molar-refractivity contribution in [1.82, 2.24) is 0 Å². The molecule has 1 fully saturated rings. The first kappa shape index (κ1) is 17.5. The third-order valence-corrected chi connectivity index (χ3v) is 6.46. The molecule has 138 valence electrons. The summed E-state index contributed by atoms with van der Waals surface area (Å²) in [5, 5.41) is 0. The van der Waals surface area contributed by atoms with Crippen molar-refractivity contribution in [2.45, 2.75) is 36.4 Å². The summed E-state index contributed by atoms with van der Waals surface area (Å²) in [5.74, 6) is 0.905. The van der Waals surface area contributed by atoms with Gasteiger partial charge in [0.05, 0.1) is 12.8 Å². The molecule has 0 bridgehead atoms. The van der Waals surface area contributed by atoms with E-state index in [9.17, 15) is 8.42 Å². The van der Waals surface area contributed by atoms with Gasteiger partial charge in [-0.3, -0.25) is 4.72 Å². The van der Waals surface area contributed by atoms with E-state index < -0.39 is 15.8 Å². The number of rotatable bonds is 4. The fourth-order valence-electron chi connectivity index (χ4n) is 3.35. The smallest absolute Gasteiger partial charge is 0.265 e. The predicted molar refractivity (Wildman–Crippen MR) is 100 cm³/mol. The van der Waals surface area contributed by atoms with Crippen LogP contribution in [0.15, 0.2) is 45.8 Å². The summed E-state index contributed by atoms with van der Waals surface area (Å²) in [6, 6.07) is 9.88. The zero-order chi connectivity index (χ0) is 18.4. The summed E-state index contributed by atoms with van der Waals surface area (Å²) in [7, 11) is -2.39. The molecule has 1 N–H and O–H groups in total. The van der Waals surface area contributed by atoms with E-state index in [0.29, 0.717) is 21.7 Å². The number of anilines is 1. The van der Waals surface area contributed by atoms with Crippen molar-refractivity contribution in [2.24, 2.45) is 0 Å². The maximum absolute atomic E-state index is 12.8. The molecule has 0 atom stereocenters. The first-order chi connectivity index (χ1) is 12.4. The van der Waals surface area contributed by atoms with Gasteiger partial charge in [-0.1, -0.05) is 15.9 Å². The Hall–Kier alpha value is -1.93. The van der Waals surface area contributed by atoms with Crippen LogP contribution in [0.1, 0.15) is 25.7 Å². The number of hydrogen-bond donors (Lipinski definition) is 1. The summed E-state index contributed by atoms with van der Waals surface area (Å²) in [6.45, 7) is 0. The molecular weight excluding hydrogens is 422 g/mol. The van der Waals surface area contributed by atoms with Gasteiger partial charge in [-0.2, -0.15) is 0 Å².